The van der Waals surface area contributed by atoms with E-state index in [-0.39, 0.29) is 5.41 Å². The van der Waals surface area contributed by atoms with Crippen LogP contribution in [0.25, 0.3) is 23.3 Å². The van der Waals surface area contributed by atoms with Gasteiger partial charge in [0, 0.05) is 14.4 Å². The fourth-order valence-electron chi connectivity index (χ4n) is 3.60. The molecule has 0 unspecified atom stereocenters. The van der Waals surface area contributed by atoms with Gasteiger partial charge in [-0.3, -0.25) is 0 Å². The van der Waals surface area contributed by atoms with Crippen molar-refractivity contribution in [2.24, 2.45) is 0 Å². The predicted octanol–water partition coefficient (Wildman–Crippen LogP) is 7.69. The van der Waals surface area contributed by atoms with E-state index in [9.17, 15) is 0 Å². The van der Waals surface area contributed by atoms with Crippen LogP contribution in [0.5, 0.6) is 0 Å². The Balaban J connectivity index is 1.73. The highest BCUT2D eigenvalue weighted by atomic mass is 79.9. The van der Waals surface area contributed by atoms with Gasteiger partial charge in [-0.25, -0.2) is 0 Å². The molecule has 3 aromatic carbocycles. The van der Waals surface area contributed by atoms with Crippen molar-refractivity contribution in [3.8, 4) is 11.1 Å². The standard InChI is InChI=1S/C23H18Br2/c1-23(2)21-13-16(4-3-15-5-8-17(24)9-6-15)7-11-19(21)20-12-10-18(25)14-22(20)23/h3-14H,1-2H3. The molecular formula is C23H18Br2. The van der Waals surface area contributed by atoms with E-state index in [1.54, 1.807) is 0 Å². The quantitative estimate of drug-likeness (QED) is 0.349. The van der Waals surface area contributed by atoms with Gasteiger partial charge < -0.3 is 0 Å². The molecule has 0 N–H and O–H groups in total. The first-order chi connectivity index (χ1) is 11.9. The van der Waals surface area contributed by atoms with Gasteiger partial charge in [-0.05, 0) is 57.6 Å². The molecule has 1 aliphatic rings. The maximum Gasteiger partial charge on any atom is 0.0178 e. The van der Waals surface area contributed by atoms with Crippen LogP contribution in [0.2, 0.25) is 0 Å². The number of rotatable bonds is 2. The molecule has 0 aliphatic heterocycles. The van der Waals surface area contributed by atoms with Gasteiger partial charge in [-0.1, -0.05) is 94.3 Å². The summed E-state index contributed by atoms with van der Waals surface area (Å²) >= 11 is 7.10. The average molecular weight is 454 g/mol. The minimum Gasteiger partial charge on any atom is -0.0544 e. The number of benzene rings is 3. The van der Waals surface area contributed by atoms with E-state index in [0.29, 0.717) is 0 Å². The van der Waals surface area contributed by atoms with Gasteiger partial charge >= 0.3 is 0 Å². The first kappa shape index (κ1) is 16.8. The monoisotopic (exact) mass is 452 g/mol. The van der Waals surface area contributed by atoms with Gasteiger partial charge in [0.1, 0.15) is 0 Å². The number of hydrogen-bond acceptors (Lipinski definition) is 0. The second-order valence-corrected chi connectivity index (χ2v) is 8.84. The fourth-order valence-corrected chi connectivity index (χ4v) is 4.22. The van der Waals surface area contributed by atoms with Gasteiger partial charge in [-0.2, -0.15) is 0 Å². The van der Waals surface area contributed by atoms with Crippen LogP contribution in [0.4, 0.5) is 0 Å². The molecule has 0 fully saturated rings. The summed E-state index contributed by atoms with van der Waals surface area (Å²) < 4.78 is 2.25. The van der Waals surface area contributed by atoms with Crippen LogP contribution in [-0.2, 0) is 5.41 Å². The van der Waals surface area contributed by atoms with Crippen LogP contribution >= 0.6 is 31.9 Å². The topological polar surface area (TPSA) is 0 Å². The van der Waals surface area contributed by atoms with Crippen LogP contribution in [0.15, 0.2) is 69.6 Å². The highest BCUT2D eigenvalue weighted by Gasteiger charge is 2.35. The smallest absolute Gasteiger partial charge is 0.0178 e. The van der Waals surface area contributed by atoms with Gasteiger partial charge in [0.25, 0.3) is 0 Å². The molecule has 0 spiro atoms. The van der Waals surface area contributed by atoms with Crippen molar-refractivity contribution in [1.29, 1.82) is 0 Å². The van der Waals surface area contributed by atoms with Crippen molar-refractivity contribution >= 4 is 44.0 Å². The molecule has 124 valence electrons. The lowest BCUT2D eigenvalue weighted by Gasteiger charge is -2.21. The number of fused-ring (bicyclic) bond motifs is 3. The molecule has 0 nitrogen and oxygen atoms in total. The third kappa shape index (κ3) is 3.02. The lowest BCUT2D eigenvalue weighted by molar-refractivity contribution is 0.660. The van der Waals surface area contributed by atoms with E-state index in [2.05, 4.69) is 119 Å². The van der Waals surface area contributed by atoms with Crippen molar-refractivity contribution in [3.63, 3.8) is 0 Å². The SMILES string of the molecule is CC1(C)c2cc(Br)ccc2-c2ccc(C=Cc3ccc(Br)cc3)cc21. The molecular weight excluding hydrogens is 436 g/mol. The first-order valence-electron chi connectivity index (χ1n) is 8.34. The summed E-state index contributed by atoms with van der Waals surface area (Å²) in [5, 5.41) is 0. The van der Waals surface area contributed by atoms with E-state index in [4.69, 9.17) is 0 Å². The van der Waals surface area contributed by atoms with E-state index in [0.717, 1.165) is 8.95 Å². The Morgan fingerprint density at radius 1 is 0.640 bits per heavy atom. The molecule has 2 heteroatoms. The molecule has 25 heavy (non-hydrogen) atoms. The second-order valence-electron chi connectivity index (χ2n) is 7.00. The first-order valence-corrected chi connectivity index (χ1v) is 9.92. The zero-order valence-corrected chi connectivity index (χ0v) is 17.4. The maximum atomic E-state index is 3.62. The van der Waals surface area contributed by atoms with Crippen molar-refractivity contribution in [3.05, 3.63) is 91.9 Å². The Morgan fingerprint density at radius 3 is 1.88 bits per heavy atom. The van der Waals surface area contributed by atoms with Gasteiger partial charge in [0.2, 0.25) is 0 Å². The zero-order valence-electron chi connectivity index (χ0n) is 14.2. The molecule has 0 amide bonds. The van der Waals surface area contributed by atoms with Crippen molar-refractivity contribution in [2.75, 3.05) is 0 Å². The van der Waals surface area contributed by atoms with Gasteiger partial charge in [0.05, 0.1) is 0 Å². The maximum absolute atomic E-state index is 3.62. The molecule has 0 atom stereocenters. The molecule has 0 saturated heterocycles. The van der Waals surface area contributed by atoms with Crippen LogP contribution in [-0.4, -0.2) is 0 Å². The summed E-state index contributed by atoms with van der Waals surface area (Å²) in [4.78, 5) is 0. The van der Waals surface area contributed by atoms with Crippen LogP contribution in [0, 0.1) is 0 Å². The fraction of sp³-hybridized carbons (Fsp3) is 0.130. The summed E-state index contributed by atoms with van der Waals surface area (Å²) in [5.41, 5.74) is 7.97. The third-order valence-electron chi connectivity index (χ3n) is 5.00. The molecule has 0 heterocycles. The Morgan fingerprint density at radius 2 is 1.16 bits per heavy atom. The number of halogens is 2. The predicted molar refractivity (Wildman–Crippen MR) is 115 cm³/mol. The minimum absolute atomic E-state index is 0.0237. The Hall–Kier alpha value is -1.64. The average Bonchev–Trinajstić information content (AvgIpc) is 2.82. The van der Waals surface area contributed by atoms with Crippen LogP contribution in [0.3, 0.4) is 0 Å². The number of hydrogen-bond donors (Lipinski definition) is 0. The molecule has 0 saturated carbocycles. The van der Waals surface area contributed by atoms with Crippen LogP contribution < -0.4 is 0 Å². The normalized spacial score (nSPS) is 14.6. The van der Waals surface area contributed by atoms with Crippen molar-refractivity contribution in [2.45, 2.75) is 19.3 Å². The molecule has 0 bridgehead atoms. The summed E-state index contributed by atoms with van der Waals surface area (Å²) in [5.74, 6) is 0. The summed E-state index contributed by atoms with van der Waals surface area (Å²) in [7, 11) is 0. The second kappa shape index (κ2) is 6.26. The van der Waals surface area contributed by atoms with E-state index >= 15 is 0 Å². The summed E-state index contributed by atoms with van der Waals surface area (Å²) in [6, 6.07) is 21.8. The minimum atomic E-state index is 0.0237. The molecule has 3 aromatic rings. The van der Waals surface area contributed by atoms with Crippen molar-refractivity contribution in [1.82, 2.24) is 0 Å². The lowest BCUT2D eigenvalue weighted by atomic mass is 9.82. The largest absolute Gasteiger partial charge is 0.0544 e. The van der Waals surface area contributed by atoms with E-state index in [1.165, 1.54) is 33.4 Å². The highest BCUT2D eigenvalue weighted by Crippen LogP contribution is 2.49. The Labute approximate surface area is 165 Å². The Bertz CT molecular complexity index is 979. The summed E-state index contributed by atoms with van der Waals surface area (Å²) in [6.07, 6.45) is 4.36. The molecule has 1 aliphatic carbocycles. The molecule has 4 rings (SSSR count). The molecule has 0 aromatic heterocycles. The molecule has 0 radical (unpaired) electrons. The van der Waals surface area contributed by atoms with E-state index in [1.807, 2.05) is 0 Å². The third-order valence-corrected chi connectivity index (χ3v) is 6.02. The lowest BCUT2D eigenvalue weighted by Crippen LogP contribution is -2.15. The summed E-state index contributed by atoms with van der Waals surface area (Å²) in [6.45, 7) is 4.62. The van der Waals surface area contributed by atoms with Crippen molar-refractivity contribution < 1.29 is 0 Å². The van der Waals surface area contributed by atoms with E-state index < -0.39 is 0 Å². The van der Waals surface area contributed by atoms with Gasteiger partial charge in [0.15, 0.2) is 0 Å². The Kier molecular flexibility index (Phi) is 4.21. The van der Waals surface area contributed by atoms with Crippen LogP contribution in [0.1, 0.15) is 36.1 Å². The highest BCUT2D eigenvalue weighted by molar-refractivity contribution is 9.10. The zero-order chi connectivity index (χ0) is 17.6. The van der Waals surface area contributed by atoms with Gasteiger partial charge in [-0.15, -0.1) is 0 Å².